The second kappa shape index (κ2) is 9.17. The van der Waals surface area contributed by atoms with Gasteiger partial charge >= 0.3 is 0 Å². The summed E-state index contributed by atoms with van der Waals surface area (Å²) in [7, 11) is 3.12. The fourth-order valence-electron chi connectivity index (χ4n) is 3.12. The Morgan fingerprint density at radius 3 is 2.61 bits per heavy atom. The molecule has 0 bridgehead atoms. The van der Waals surface area contributed by atoms with Crippen molar-refractivity contribution in [2.24, 2.45) is 0 Å². The summed E-state index contributed by atoms with van der Waals surface area (Å²) in [5.74, 6) is 1.34. The first-order valence-electron chi connectivity index (χ1n) is 9.82. The highest BCUT2D eigenvalue weighted by Crippen LogP contribution is 2.29. The van der Waals surface area contributed by atoms with Crippen LogP contribution in [0.2, 0.25) is 0 Å². The predicted molar refractivity (Wildman–Crippen MR) is 121 cm³/mol. The molecule has 0 saturated heterocycles. The lowest BCUT2D eigenvalue weighted by Gasteiger charge is -2.10. The van der Waals surface area contributed by atoms with Crippen molar-refractivity contribution >= 4 is 29.2 Å². The van der Waals surface area contributed by atoms with Crippen LogP contribution in [0.15, 0.2) is 71.1 Å². The molecule has 0 fully saturated rings. The van der Waals surface area contributed by atoms with E-state index in [1.165, 1.54) is 0 Å². The molecule has 1 N–H and O–H groups in total. The van der Waals surface area contributed by atoms with Crippen molar-refractivity contribution in [1.82, 2.24) is 10.3 Å². The molecular weight excluding hydrogens is 392 g/mol. The van der Waals surface area contributed by atoms with E-state index < -0.39 is 0 Å². The van der Waals surface area contributed by atoms with Crippen LogP contribution in [0, 0.1) is 0 Å². The van der Waals surface area contributed by atoms with Gasteiger partial charge in [0.25, 0.3) is 5.91 Å². The maximum absolute atomic E-state index is 11.4. The summed E-state index contributed by atoms with van der Waals surface area (Å²) in [4.78, 5) is 16.0. The summed E-state index contributed by atoms with van der Waals surface area (Å²) >= 11 is 0. The molecule has 4 aromatic rings. The quantitative estimate of drug-likeness (QED) is 0.470. The molecule has 0 spiro atoms. The molecule has 6 nitrogen and oxygen atoms in total. The van der Waals surface area contributed by atoms with E-state index in [1.54, 1.807) is 20.2 Å². The van der Waals surface area contributed by atoms with Crippen molar-refractivity contribution < 1.29 is 18.7 Å². The number of likely N-dealkylation sites (N-methyl/N-ethyl adjacent to an activating group) is 1. The van der Waals surface area contributed by atoms with Gasteiger partial charge in [-0.15, -0.1) is 0 Å². The fourth-order valence-corrected chi connectivity index (χ4v) is 3.12. The first-order chi connectivity index (χ1) is 15.2. The standard InChI is InChI=1S/C25H22N2O4/c1-26-24(28)16-30-22-11-8-17(14-23(22)29-2)9-13-25-27-20-15-19(10-12-21(20)31-25)18-6-4-3-5-7-18/h3-15H,16H2,1-2H3,(H,26,28). The SMILES string of the molecule is CNC(=O)COc1ccc(C=Cc2nc3cc(-c4ccccc4)ccc3o2)cc1OC. The Bertz CT molecular complexity index is 1230. The number of oxazole rings is 1. The highest BCUT2D eigenvalue weighted by molar-refractivity contribution is 5.82. The van der Waals surface area contributed by atoms with Crippen LogP contribution in [-0.2, 0) is 4.79 Å². The van der Waals surface area contributed by atoms with Crippen molar-refractivity contribution in [2.45, 2.75) is 0 Å². The van der Waals surface area contributed by atoms with Gasteiger partial charge in [0.15, 0.2) is 23.7 Å². The van der Waals surface area contributed by atoms with Crippen LogP contribution in [0.1, 0.15) is 11.5 Å². The summed E-state index contributed by atoms with van der Waals surface area (Å²) < 4.78 is 16.7. The number of methoxy groups -OCH3 is 1. The van der Waals surface area contributed by atoms with Crippen LogP contribution in [0.3, 0.4) is 0 Å². The molecule has 6 heteroatoms. The number of rotatable bonds is 7. The molecule has 1 aromatic heterocycles. The van der Waals surface area contributed by atoms with Gasteiger partial charge in [-0.2, -0.15) is 0 Å². The van der Waals surface area contributed by atoms with Gasteiger partial charge < -0.3 is 19.2 Å². The molecule has 31 heavy (non-hydrogen) atoms. The lowest BCUT2D eigenvalue weighted by atomic mass is 10.1. The van der Waals surface area contributed by atoms with Crippen molar-refractivity contribution in [2.75, 3.05) is 20.8 Å². The largest absolute Gasteiger partial charge is 0.493 e. The van der Waals surface area contributed by atoms with Crippen LogP contribution >= 0.6 is 0 Å². The average molecular weight is 414 g/mol. The van der Waals surface area contributed by atoms with Gasteiger partial charge in [0, 0.05) is 13.1 Å². The minimum absolute atomic E-state index is 0.0735. The van der Waals surface area contributed by atoms with Crippen LogP contribution in [-0.4, -0.2) is 31.7 Å². The molecule has 0 aliphatic heterocycles. The minimum atomic E-state index is -0.211. The van der Waals surface area contributed by atoms with E-state index >= 15 is 0 Å². The number of ether oxygens (including phenoxy) is 2. The van der Waals surface area contributed by atoms with E-state index in [0.717, 1.165) is 27.8 Å². The average Bonchev–Trinajstić information content (AvgIpc) is 3.24. The Labute approximate surface area is 180 Å². The third-order valence-electron chi connectivity index (χ3n) is 4.75. The normalized spacial score (nSPS) is 11.0. The lowest BCUT2D eigenvalue weighted by molar-refractivity contribution is -0.122. The van der Waals surface area contributed by atoms with E-state index in [1.807, 2.05) is 60.7 Å². The molecule has 0 unspecified atom stereocenters. The number of benzene rings is 3. The molecule has 1 heterocycles. The number of carbonyl (C=O) groups is 1. The number of nitrogens with one attached hydrogen (secondary N) is 1. The Balaban J connectivity index is 1.53. The Hall–Kier alpha value is -4.06. The number of nitrogens with zero attached hydrogens (tertiary/aromatic N) is 1. The number of hydrogen-bond donors (Lipinski definition) is 1. The monoisotopic (exact) mass is 414 g/mol. The van der Waals surface area contributed by atoms with Gasteiger partial charge in [0.05, 0.1) is 7.11 Å². The van der Waals surface area contributed by atoms with Gasteiger partial charge in [0.2, 0.25) is 5.89 Å². The van der Waals surface area contributed by atoms with Crippen LogP contribution in [0.25, 0.3) is 34.4 Å². The number of carbonyl (C=O) groups excluding carboxylic acids is 1. The summed E-state index contributed by atoms with van der Waals surface area (Å²) in [6.07, 6.45) is 3.69. The van der Waals surface area contributed by atoms with Gasteiger partial charge in [-0.3, -0.25) is 4.79 Å². The third kappa shape index (κ3) is 4.75. The molecule has 0 radical (unpaired) electrons. The first kappa shape index (κ1) is 20.2. The zero-order valence-electron chi connectivity index (χ0n) is 17.3. The van der Waals surface area contributed by atoms with Crippen LogP contribution in [0.4, 0.5) is 0 Å². The third-order valence-corrected chi connectivity index (χ3v) is 4.75. The summed E-state index contributed by atoms with van der Waals surface area (Å²) in [6.45, 7) is -0.0735. The van der Waals surface area contributed by atoms with Crippen molar-refractivity contribution in [3.8, 4) is 22.6 Å². The summed E-state index contributed by atoms with van der Waals surface area (Å²) in [5.41, 5.74) is 4.65. The Morgan fingerprint density at radius 1 is 1.00 bits per heavy atom. The molecule has 3 aromatic carbocycles. The lowest BCUT2D eigenvalue weighted by Crippen LogP contribution is -2.24. The van der Waals surface area contributed by atoms with Gasteiger partial charge in [0.1, 0.15) is 5.52 Å². The predicted octanol–water partition coefficient (Wildman–Crippen LogP) is 4.80. The number of fused-ring (bicyclic) bond motifs is 1. The van der Waals surface area contributed by atoms with E-state index in [-0.39, 0.29) is 12.5 Å². The molecular formula is C25H22N2O4. The van der Waals surface area contributed by atoms with Crippen molar-refractivity contribution in [3.63, 3.8) is 0 Å². The second-order valence-electron chi connectivity index (χ2n) is 6.81. The molecule has 0 saturated carbocycles. The van der Waals surface area contributed by atoms with Crippen LogP contribution in [0.5, 0.6) is 11.5 Å². The van der Waals surface area contributed by atoms with Gasteiger partial charge in [-0.25, -0.2) is 4.98 Å². The zero-order chi connectivity index (χ0) is 21.6. The molecule has 0 atom stereocenters. The molecule has 4 rings (SSSR count). The molecule has 1 amide bonds. The number of amides is 1. The van der Waals surface area contributed by atoms with Crippen LogP contribution < -0.4 is 14.8 Å². The maximum atomic E-state index is 11.4. The molecule has 156 valence electrons. The Kier molecular flexibility index (Phi) is 5.98. The minimum Gasteiger partial charge on any atom is -0.493 e. The fraction of sp³-hybridized carbons (Fsp3) is 0.120. The van der Waals surface area contributed by atoms with Gasteiger partial charge in [-0.1, -0.05) is 42.5 Å². The Morgan fingerprint density at radius 2 is 1.84 bits per heavy atom. The number of hydrogen-bond acceptors (Lipinski definition) is 5. The van der Waals surface area contributed by atoms with E-state index in [9.17, 15) is 4.79 Å². The highest BCUT2D eigenvalue weighted by Gasteiger charge is 2.08. The van der Waals surface area contributed by atoms with E-state index in [4.69, 9.17) is 13.9 Å². The van der Waals surface area contributed by atoms with Crippen molar-refractivity contribution in [1.29, 1.82) is 0 Å². The van der Waals surface area contributed by atoms with E-state index in [2.05, 4.69) is 22.4 Å². The second-order valence-corrected chi connectivity index (χ2v) is 6.81. The smallest absolute Gasteiger partial charge is 0.257 e. The molecule has 0 aliphatic rings. The first-order valence-corrected chi connectivity index (χ1v) is 9.82. The topological polar surface area (TPSA) is 73.6 Å². The number of aromatic nitrogens is 1. The highest BCUT2D eigenvalue weighted by atomic mass is 16.5. The summed E-state index contributed by atoms with van der Waals surface area (Å²) in [5, 5.41) is 2.51. The maximum Gasteiger partial charge on any atom is 0.257 e. The zero-order valence-corrected chi connectivity index (χ0v) is 17.3. The summed E-state index contributed by atoms with van der Waals surface area (Å²) in [6, 6.07) is 21.6. The van der Waals surface area contributed by atoms with Crippen molar-refractivity contribution in [3.05, 3.63) is 78.2 Å². The molecule has 0 aliphatic carbocycles. The van der Waals surface area contributed by atoms with Gasteiger partial charge in [-0.05, 0) is 47.0 Å². The van der Waals surface area contributed by atoms with E-state index in [0.29, 0.717) is 17.4 Å².